The van der Waals surface area contributed by atoms with Gasteiger partial charge in [0.15, 0.2) is 0 Å². The van der Waals surface area contributed by atoms with Gasteiger partial charge in [-0.15, -0.1) is 0 Å². The smallest absolute Gasteiger partial charge is 0.337 e. The second-order valence-electron chi connectivity index (χ2n) is 6.15. The molecular formula is C16H24N2O2. The molecule has 1 aliphatic carbocycles. The summed E-state index contributed by atoms with van der Waals surface area (Å²) in [7, 11) is 0. The minimum atomic E-state index is -0.913. The number of carboxylic acid groups (broad SMARTS) is 1. The maximum atomic E-state index is 11.0. The molecule has 1 aliphatic rings. The summed E-state index contributed by atoms with van der Waals surface area (Å²) in [4.78, 5) is 17.8. The normalized spacial score (nSPS) is 15.8. The second kappa shape index (κ2) is 6.25. The second-order valence-corrected chi connectivity index (χ2v) is 6.15. The van der Waals surface area contributed by atoms with Crippen molar-refractivity contribution in [2.45, 2.75) is 52.5 Å². The van der Waals surface area contributed by atoms with E-state index in [1.54, 1.807) is 6.07 Å². The Morgan fingerprint density at radius 1 is 1.45 bits per heavy atom. The number of aromatic carboxylic acids is 1. The van der Waals surface area contributed by atoms with E-state index in [1.807, 2.05) is 6.92 Å². The molecule has 0 radical (unpaired) electrons. The molecule has 4 nitrogen and oxygen atoms in total. The molecule has 1 N–H and O–H groups in total. The predicted molar refractivity (Wildman–Crippen MR) is 80.4 cm³/mol. The first kappa shape index (κ1) is 14.8. The van der Waals surface area contributed by atoms with Gasteiger partial charge in [0.2, 0.25) is 0 Å². The lowest BCUT2D eigenvalue weighted by atomic mass is 10.1. The zero-order valence-electron chi connectivity index (χ0n) is 12.6. The van der Waals surface area contributed by atoms with E-state index in [1.165, 1.54) is 31.9 Å². The molecule has 1 fully saturated rings. The maximum absolute atomic E-state index is 11.0. The maximum Gasteiger partial charge on any atom is 0.337 e. The molecule has 1 saturated carbocycles. The molecule has 2 rings (SSSR count). The number of pyridine rings is 1. The minimum absolute atomic E-state index is 0.266. The van der Waals surface area contributed by atoms with Crippen LogP contribution < -0.4 is 4.90 Å². The van der Waals surface area contributed by atoms with Crippen LogP contribution in [0.25, 0.3) is 0 Å². The van der Waals surface area contributed by atoms with Crippen LogP contribution in [0.4, 0.5) is 5.82 Å². The quantitative estimate of drug-likeness (QED) is 0.894. The topological polar surface area (TPSA) is 53.4 Å². The van der Waals surface area contributed by atoms with Crippen molar-refractivity contribution in [2.75, 3.05) is 11.4 Å². The highest BCUT2D eigenvalue weighted by atomic mass is 16.4. The standard InChI is InChI=1S/C16H24N2O2/c1-11(2)10-18(14-6-4-5-7-14)15-12(3)8-13(9-17-15)16(19)20/h8-9,11,14H,4-7,10H2,1-3H3,(H,19,20). The van der Waals surface area contributed by atoms with E-state index in [4.69, 9.17) is 5.11 Å². The Morgan fingerprint density at radius 2 is 2.10 bits per heavy atom. The number of carbonyl (C=O) groups is 1. The highest BCUT2D eigenvalue weighted by Crippen LogP contribution is 2.30. The summed E-state index contributed by atoms with van der Waals surface area (Å²) in [6.45, 7) is 7.35. The third kappa shape index (κ3) is 3.30. The van der Waals surface area contributed by atoms with Gasteiger partial charge in [0, 0.05) is 18.8 Å². The molecule has 0 aliphatic heterocycles. The molecule has 1 aromatic rings. The lowest BCUT2D eigenvalue weighted by Crippen LogP contribution is -2.37. The van der Waals surface area contributed by atoms with Gasteiger partial charge < -0.3 is 10.0 Å². The molecule has 0 bridgehead atoms. The fraction of sp³-hybridized carbons (Fsp3) is 0.625. The van der Waals surface area contributed by atoms with E-state index >= 15 is 0 Å². The summed E-state index contributed by atoms with van der Waals surface area (Å²) in [5, 5.41) is 9.04. The average molecular weight is 276 g/mol. The number of aromatic nitrogens is 1. The van der Waals surface area contributed by atoms with Crippen molar-refractivity contribution in [2.24, 2.45) is 5.92 Å². The van der Waals surface area contributed by atoms with Gasteiger partial charge in [-0.05, 0) is 37.3 Å². The minimum Gasteiger partial charge on any atom is -0.478 e. The van der Waals surface area contributed by atoms with E-state index in [-0.39, 0.29) is 5.56 Å². The average Bonchev–Trinajstić information content (AvgIpc) is 2.89. The van der Waals surface area contributed by atoms with Gasteiger partial charge in [0.05, 0.1) is 5.56 Å². The lowest BCUT2D eigenvalue weighted by molar-refractivity contribution is 0.0696. The van der Waals surface area contributed by atoms with Gasteiger partial charge in [-0.3, -0.25) is 0 Å². The summed E-state index contributed by atoms with van der Waals surface area (Å²) in [5.74, 6) is 0.606. The fourth-order valence-electron chi connectivity index (χ4n) is 3.00. The van der Waals surface area contributed by atoms with Crippen LogP contribution in [0.2, 0.25) is 0 Å². The Kier molecular flexibility index (Phi) is 4.63. The Bertz CT molecular complexity index is 479. The van der Waals surface area contributed by atoms with Crippen molar-refractivity contribution in [3.63, 3.8) is 0 Å². The Morgan fingerprint density at radius 3 is 2.60 bits per heavy atom. The fourth-order valence-corrected chi connectivity index (χ4v) is 3.00. The van der Waals surface area contributed by atoms with E-state index < -0.39 is 5.97 Å². The van der Waals surface area contributed by atoms with Gasteiger partial charge in [-0.25, -0.2) is 9.78 Å². The summed E-state index contributed by atoms with van der Waals surface area (Å²) in [6, 6.07) is 2.28. The van der Waals surface area contributed by atoms with Crippen molar-refractivity contribution in [1.29, 1.82) is 0 Å². The molecule has 110 valence electrons. The first-order valence-corrected chi connectivity index (χ1v) is 7.45. The number of nitrogens with zero attached hydrogens (tertiary/aromatic N) is 2. The van der Waals surface area contributed by atoms with Crippen molar-refractivity contribution in [3.05, 3.63) is 23.4 Å². The van der Waals surface area contributed by atoms with Crippen molar-refractivity contribution in [1.82, 2.24) is 4.98 Å². The molecule has 0 saturated heterocycles. The lowest BCUT2D eigenvalue weighted by Gasteiger charge is -2.32. The molecule has 0 atom stereocenters. The first-order chi connectivity index (χ1) is 9.49. The third-order valence-electron chi connectivity index (χ3n) is 3.90. The monoisotopic (exact) mass is 276 g/mol. The van der Waals surface area contributed by atoms with Gasteiger partial charge in [-0.1, -0.05) is 26.7 Å². The van der Waals surface area contributed by atoms with E-state index in [2.05, 4.69) is 23.7 Å². The summed E-state index contributed by atoms with van der Waals surface area (Å²) in [6.07, 6.45) is 6.48. The van der Waals surface area contributed by atoms with Crippen molar-refractivity contribution >= 4 is 11.8 Å². The highest BCUT2D eigenvalue weighted by Gasteiger charge is 2.25. The van der Waals surface area contributed by atoms with Crippen molar-refractivity contribution in [3.8, 4) is 0 Å². The van der Waals surface area contributed by atoms with Crippen LogP contribution in [0, 0.1) is 12.8 Å². The highest BCUT2D eigenvalue weighted by molar-refractivity contribution is 5.87. The molecule has 0 unspecified atom stereocenters. The predicted octanol–water partition coefficient (Wildman–Crippen LogP) is 3.49. The molecule has 4 heteroatoms. The van der Waals surface area contributed by atoms with Gasteiger partial charge in [0.1, 0.15) is 5.82 Å². The molecule has 0 spiro atoms. The molecular weight excluding hydrogens is 252 g/mol. The van der Waals surface area contributed by atoms with Crippen LogP contribution in [-0.2, 0) is 0 Å². The molecule has 1 aromatic heterocycles. The summed E-state index contributed by atoms with van der Waals surface area (Å²) < 4.78 is 0. The van der Waals surface area contributed by atoms with E-state index in [0.29, 0.717) is 12.0 Å². The van der Waals surface area contributed by atoms with Crippen LogP contribution in [-0.4, -0.2) is 28.6 Å². The third-order valence-corrected chi connectivity index (χ3v) is 3.90. The first-order valence-electron chi connectivity index (χ1n) is 7.45. The zero-order valence-corrected chi connectivity index (χ0v) is 12.6. The summed E-state index contributed by atoms with van der Waals surface area (Å²) in [5.41, 5.74) is 1.22. The number of rotatable bonds is 5. The number of hydrogen-bond donors (Lipinski definition) is 1. The summed E-state index contributed by atoms with van der Waals surface area (Å²) >= 11 is 0. The molecule has 20 heavy (non-hydrogen) atoms. The van der Waals surface area contributed by atoms with Crippen LogP contribution in [0.15, 0.2) is 12.3 Å². The van der Waals surface area contributed by atoms with Gasteiger partial charge >= 0.3 is 5.97 Å². The number of aryl methyl sites for hydroxylation is 1. The van der Waals surface area contributed by atoms with Gasteiger partial charge in [-0.2, -0.15) is 0 Å². The molecule has 0 amide bonds. The molecule has 1 heterocycles. The van der Waals surface area contributed by atoms with Crippen LogP contribution in [0.3, 0.4) is 0 Å². The SMILES string of the molecule is Cc1cc(C(=O)O)cnc1N(CC(C)C)C1CCCC1. The van der Waals surface area contributed by atoms with E-state index in [9.17, 15) is 4.79 Å². The van der Waals surface area contributed by atoms with Gasteiger partial charge in [0.25, 0.3) is 0 Å². The van der Waals surface area contributed by atoms with Crippen LogP contribution in [0.1, 0.15) is 55.5 Å². The number of hydrogen-bond acceptors (Lipinski definition) is 3. The largest absolute Gasteiger partial charge is 0.478 e. The zero-order chi connectivity index (χ0) is 14.7. The number of anilines is 1. The number of carboxylic acids is 1. The Labute approximate surface area is 120 Å². The van der Waals surface area contributed by atoms with Crippen LogP contribution in [0.5, 0.6) is 0 Å². The van der Waals surface area contributed by atoms with Crippen molar-refractivity contribution < 1.29 is 9.90 Å². The molecule has 0 aromatic carbocycles. The van der Waals surface area contributed by atoms with E-state index in [0.717, 1.165) is 17.9 Å². The Hall–Kier alpha value is -1.58. The van der Waals surface area contributed by atoms with Crippen LogP contribution >= 0.6 is 0 Å². The Balaban J connectivity index is 2.30.